The van der Waals surface area contributed by atoms with Crippen LogP contribution in [0.2, 0.25) is 0 Å². The van der Waals surface area contributed by atoms with Gasteiger partial charge >= 0.3 is 0 Å². The van der Waals surface area contributed by atoms with Gasteiger partial charge in [0.1, 0.15) is 0 Å². The Morgan fingerprint density at radius 2 is 1.02 bits per heavy atom. The summed E-state index contributed by atoms with van der Waals surface area (Å²) in [5, 5.41) is 36.0. The van der Waals surface area contributed by atoms with Gasteiger partial charge in [0, 0.05) is 29.5 Å². The summed E-state index contributed by atoms with van der Waals surface area (Å²) in [6.45, 7) is 0.588. The number of rotatable bonds is 11. The van der Waals surface area contributed by atoms with Crippen LogP contribution in [-0.4, -0.2) is 62.5 Å². The first-order chi connectivity index (χ1) is 19.5. The van der Waals surface area contributed by atoms with Crippen molar-refractivity contribution in [1.29, 1.82) is 0 Å². The predicted molar refractivity (Wildman–Crippen MR) is 151 cm³/mol. The molecule has 0 amide bonds. The molecule has 4 aromatic carbocycles. The molecule has 0 aliphatic heterocycles. The van der Waals surface area contributed by atoms with Crippen molar-refractivity contribution in [1.82, 2.24) is 0 Å². The molecule has 0 aliphatic carbocycles. The lowest BCUT2D eigenvalue weighted by molar-refractivity contribution is 0.281. The quantitative estimate of drug-likeness (QED) is 0.136. The van der Waals surface area contributed by atoms with Gasteiger partial charge in [-0.1, -0.05) is 6.07 Å². The summed E-state index contributed by atoms with van der Waals surface area (Å²) in [6, 6.07) is 19.0. The fourth-order valence-electron chi connectivity index (χ4n) is 3.88. The minimum Gasteiger partial charge on any atom is -0.395 e. The number of fused-ring (bicyclic) bond motifs is 1. The van der Waals surface area contributed by atoms with E-state index < -0.39 is 20.2 Å². The van der Waals surface area contributed by atoms with Gasteiger partial charge in [0.2, 0.25) is 0 Å². The van der Waals surface area contributed by atoms with Gasteiger partial charge in [-0.25, -0.2) is 0 Å². The van der Waals surface area contributed by atoms with Crippen molar-refractivity contribution in [2.24, 2.45) is 20.5 Å². The van der Waals surface area contributed by atoms with Crippen LogP contribution in [0.4, 0.5) is 28.4 Å². The summed E-state index contributed by atoms with van der Waals surface area (Å²) in [4.78, 5) is 1.15. The number of azo groups is 2. The van der Waals surface area contributed by atoms with E-state index in [1.165, 1.54) is 36.4 Å². The van der Waals surface area contributed by atoms with Crippen LogP contribution in [0.5, 0.6) is 0 Å². The van der Waals surface area contributed by atoms with Gasteiger partial charge in [-0.2, -0.15) is 27.1 Å². The summed E-state index contributed by atoms with van der Waals surface area (Å²) in [5.41, 5.74) is 2.18. The van der Waals surface area contributed by atoms with Crippen LogP contribution < -0.4 is 4.90 Å². The summed E-state index contributed by atoms with van der Waals surface area (Å²) < 4.78 is 64.8. The second-order valence-corrected chi connectivity index (χ2v) is 11.4. The van der Waals surface area contributed by atoms with E-state index in [1.54, 1.807) is 30.3 Å². The Morgan fingerprint density at radius 1 is 0.561 bits per heavy atom. The third kappa shape index (κ3) is 7.55. The Kier molecular flexibility index (Phi) is 9.17. The summed E-state index contributed by atoms with van der Waals surface area (Å²) in [6.07, 6.45) is 0. The lowest BCUT2D eigenvalue weighted by atomic mass is 10.1. The minimum absolute atomic E-state index is 0.0658. The van der Waals surface area contributed by atoms with E-state index in [9.17, 15) is 31.6 Å². The second-order valence-electron chi connectivity index (χ2n) is 8.61. The maximum absolute atomic E-state index is 11.8. The molecule has 0 radical (unpaired) electrons. The molecule has 4 N–H and O–H groups in total. The minimum atomic E-state index is -4.53. The van der Waals surface area contributed by atoms with Gasteiger partial charge in [0.05, 0.1) is 45.8 Å². The summed E-state index contributed by atoms with van der Waals surface area (Å²) in [7, 11) is -8.90. The number of benzene rings is 4. The van der Waals surface area contributed by atoms with Crippen molar-refractivity contribution >= 4 is 59.4 Å². The third-order valence-electron chi connectivity index (χ3n) is 5.88. The number of nitrogens with zero attached hydrogens (tertiary/aromatic N) is 5. The predicted octanol–water partition coefficient (Wildman–Crippen LogP) is 4.96. The van der Waals surface area contributed by atoms with Gasteiger partial charge in [-0.3, -0.25) is 9.11 Å². The number of anilines is 1. The van der Waals surface area contributed by atoms with Crippen molar-refractivity contribution in [3.05, 3.63) is 78.9 Å². The summed E-state index contributed by atoms with van der Waals surface area (Å²) >= 11 is 0. The fraction of sp³-hybridized carbons (Fsp3) is 0.154. The van der Waals surface area contributed by atoms with Gasteiger partial charge in [-0.15, -0.1) is 10.2 Å². The highest BCUT2D eigenvalue weighted by molar-refractivity contribution is 7.86. The average Bonchev–Trinajstić information content (AvgIpc) is 2.94. The molecule has 0 aliphatic rings. The molecule has 0 saturated carbocycles. The van der Waals surface area contributed by atoms with Crippen LogP contribution in [0.1, 0.15) is 0 Å². The molecule has 41 heavy (non-hydrogen) atoms. The van der Waals surface area contributed by atoms with Crippen LogP contribution in [-0.2, 0) is 20.2 Å². The summed E-state index contributed by atoms with van der Waals surface area (Å²) in [5.74, 6) is 0. The molecule has 13 nitrogen and oxygen atoms in total. The molecule has 0 aromatic heterocycles. The smallest absolute Gasteiger partial charge is 0.294 e. The Labute approximate surface area is 235 Å². The van der Waals surface area contributed by atoms with Crippen molar-refractivity contribution in [3.8, 4) is 0 Å². The molecule has 4 rings (SSSR count). The Hall–Kier alpha value is -4.12. The van der Waals surface area contributed by atoms with Gasteiger partial charge < -0.3 is 15.1 Å². The largest absolute Gasteiger partial charge is 0.395 e. The lowest BCUT2D eigenvalue weighted by Crippen LogP contribution is -2.29. The molecule has 0 unspecified atom stereocenters. The zero-order valence-corrected chi connectivity index (χ0v) is 22.9. The van der Waals surface area contributed by atoms with E-state index in [0.29, 0.717) is 35.2 Å². The molecule has 4 aromatic rings. The Morgan fingerprint density at radius 3 is 1.51 bits per heavy atom. The first kappa shape index (κ1) is 29.9. The molecule has 0 fully saturated rings. The Bertz CT molecular complexity index is 1800. The highest BCUT2D eigenvalue weighted by atomic mass is 32.2. The topological polar surface area (TPSA) is 202 Å². The van der Waals surface area contributed by atoms with Gasteiger partial charge in [0.25, 0.3) is 20.2 Å². The monoisotopic (exact) mass is 599 g/mol. The molecule has 15 heteroatoms. The molecule has 0 atom stereocenters. The first-order valence-corrected chi connectivity index (χ1v) is 14.9. The third-order valence-corrected chi connectivity index (χ3v) is 7.59. The molecular formula is C26H25N5O8S2. The molecule has 0 spiro atoms. The van der Waals surface area contributed by atoms with Crippen molar-refractivity contribution in [2.75, 3.05) is 31.2 Å². The van der Waals surface area contributed by atoms with E-state index >= 15 is 0 Å². The second kappa shape index (κ2) is 12.6. The van der Waals surface area contributed by atoms with E-state index in [0.717, 1.165) is 17.8 Å². The SMILES string of the molecule is O=S(=O)(O)c1ccc(N=Nc2ccc(N=Nc3ccc(N(CCO)CCO)cc3)c3ccc(S(=O)(=O)O)cc23)cc1. The van der Waals surface area contributed by atoms with E-state index in [1.807, 2.05) is 4.90 Å². The van der Waals surface area contributed by atoms with E-state index in [-0.39, 0.29) is 34.4 Å². The number of aliphatic hydroxyl groups excluding tert-OH is 2. The van der Waals surface area contributed by atoms with Gasteiger partial charge in [0.15, 0.2) is 0 Å². The standard InChI is InChI=1S/C26H25N5O8S2/c32-15-13-31(14-16-33)20-5-1-18(2-6-20)27-29-25-11-12-26(24-17-22(41(37,38)39)9-10-23(24)25)30-28-19-3-7-21(8-4-19)40(34,35)36/h1-12,17,32-33H,13-16H2,(H,34,35,36)(H,37,38,39). The van der Waals surface area contributed by atoms with Crippen molar-refractivity contribution in [3.63, 3.8) is 0 Å². The molecule has 0 heterocycles. The zero-order valence-electron chi connectivity index (χ0n) is 21.3. The van der Waals surface area contributed by atoms with Crippen LogP contribution in [0.15, 0.2) is 109 Å². The van der Waals surface area contributed by atoms with Crippen LogP contribution in [0.25, 0.3) is 10.8 Å². The van der Waals surface area contributed by atoms with E-state index in [2.05, 4.69) is 20.5 Å². The highest BCUT2D eigenvalue weighted by Gasteiger charge is 2.14. The number of hydrogen-bond donors (Lipinski definition) is 4. The zero-order chi connectivity index (χ0) is 29.6. The van der Waals surface area contributed by atoms with Crippen LogP contribution in [0, 0.1) is 0 Å². The average molecular weight is 600 g/mol. The highest BCUT2D eigenvalue weighted by Crippen LogP contribution is 2.37. The number of hydrogen-bond acceptors (Lipinski definition) is 11. The van der Waals surface area contributed by atoms with Crippen molar-refractivity contribution < 1.29 is 36.2 Å². The van der Waals surface area contributed by atoms with E-state index in [4.69, 9.17) is 4.55 Å². The molecule has 214 valence electrons. The maximum Gasteiger partial charge on any atom is 0.294 e. The molecular weight excluding hydrogens is 574 g/mol. The van der Waals surface area contributed by atoms with Gasteiger partial charge in [-0.05, 0) is 72.8 Å². The Balaban J connectivity index is 1.68. The molecule has 0 bridgehead atoms. The first-order valence-electron chi connectivity index (χ1n) is 12.0. The van der Waals surface area contributed by atoms with Crippen LogP contribution in [0.3, 0.4) is 0 Å². The lowest BCUT2D eigenvalue weighted by Gasteiger charge is -2.22. The number of aliphatic hydroxyl groups is 2. The normalized spacial score (nSPS) is 12.5. The van der Waals surface area contributed by atoms with Crippen LogP contribution >= 0.6 is 0 Å². The maximum atomic E-state index is 11.8. The van der Waals surface area contributed by atoms with Crippen molar-refractivity contribution in [2.45, 2.75) is 9.79 Å². The fourth-order valence-corrected chi connectivity index (χ4v) is 4.87. The molecule has 0 saturated heterocycles.